The molecule has 0 fully saturated rings. The average Bonchev–Trinajstić information content (AvgIpc) is 2.04. The molecule has 0 amide bonds. The van der Waals surface area contributed by atoms with Gasteiger partial charge >= 0.3 is 0 Å². The fraction of sp³-hybridized carbons (Fsp3) is 0.300. The van der Waals surface area contributed by atoms with Gasteiger partial charge in [0.2, 0.25) is 0 Å². The molecule has 1 rings (SSSR count). The summed E-state index contributed by atoms with van der Waals surface area (Å²) >= 11 is 0. The van der Waals surface area contributed by atoms with Gasteiger partial charge in [0, 0.05) is 12.2 Å². The Hall–Kier alpha value is -1.33. The molecule has 0 saturated heterocycles. The Morgan fingerprint density at radius 1 is 1.67 bits per heavy atom. The van der Waals surface area contributed by atoms with E-state index in [4.69, 9.17) is 12.2 Å². The molecule has 1 aromatic rings. The first-order chi connectivity index (χ1) is 5.65. The highest BCUT2D eigenvalue weighted by Crippen LogP contribution is 2.11. The summed E-state index contributed by atoms with van der Waals surface area (Å²) in [5.41, 5.74) is 8.40. The Kier molecular flexibility index (Phi) is 2.47. The van der Waals surface area contributed by atoms with Crippen LogP contribution in [-0.4, -0.2) is 4.98 Å². The molecular formula is C10H12N2. The van der Waals surface area contributed by atoms with Crippen LogP contribution in [0.2, 0.25) is 0 Å². The van der Waals surface area contributed by atoms with E-state index in [1.165, 1.54) is 0 Å². The lowest BCUT2D eigenvalue weighted by atomic mass is 10.1. The molecule has 2 heteroatoms. The van der Waals surface area contributed by atoms with Crippen molar-refractivity contribution in [3.05, 3.63) is 29.1 Å². The van der Waals surface area contributed by atoms with Crippen LogP contribution in [0.3, 0.4) is 0 Å². The van der Waals surface area contributed by atoms with Gasteiger partial charge in [-0.1, -0.05) is 6.07 Å². The molecule has 0 radical (unpaired) electrons. The van der Waals surface area contributed by atoms with Gasteiger partial charge < -0.3 is 5.73 Å². The molecule has 0 saturated carbocycles. The summed E-state index contributed by atoms with van der Waals surface area (Å²) < 4.78 is 0. The molecule has 12 heavy (non-hydrogen) atoms. The highest BCUT2D eigenvalue weighted by Gasteiger charge is 2.02. The number of hydrogen-bond acceptors (Lipinski definition) is 2. The zero-order valence-electron chi connectivity index (χ0n) is 7.33. The van der Waals surface area contributed by atoms with E-state index in [1.54, 1.807) is 6.20 Å². The number of pyridine rings is 1. The second-order valence-corrected chi connectivity index (χ2v) is 2.87. The third-order valence-corrected chi connectivity index (χ3v) is 1.76. The van der Waals surface area contributed by atoms with Crippen LogP contribution in [0.25, 0.3) is 0 Å². The Labute approximate surface area is 72.8 Å². The van der Waals surface area contributed by atoms with E-state index in [9.17, 15) is 0 Å². The van der Waals surface area contributed by atoms with Gasteiger partial charge in [0.15, 0.2) is 0 Å². The maximum Gasteiger partial charge on any atom is 0.115 e. The molecule has 0 aliphatic heterocycles. The molecular weight excluding hydrogens is 148 g/mol. The smallest absolute Gasteiger partial charge is 0.115 e. The van der Waals surface area contributed by atoms with E-state index >= 15 is 0 Å². The van der Waals surface area contributed by atoms with Crippen molar-refractivity contribution < 1.29 is 0 Å². The molecule has 1 heterocycles. The lowest BCUT2D eigenvalue weighted by Gasteiger charge is -2.06. The highest BCUT2D eigenvalue weighted by atomic mass is 14.7. The number of aryl methyl sites for hydroxylation is 1. The fourth-order valence-electron chi connectivity index (χ4n) is 0.997. The van der Waals surface area contributed by atoms with Crippen molar-refractivity contribution in [3.8, 4) is 12.3 Å². The van der Waals surface area contributed by atoms with Crippen molar-refractivity contribution in [1.82, 2.24) is 4.98 Å². The van der Waals surface area contributed by atoms with Gasteiger partial charge in [-0.15, -0.1) is 6.42 Å². The van der Waals surface area contributed by atoms with Gasteiger partial charge in [0.25, 0.3) is 0 Å². The van der Waals surface area contributed by atoms with Gasteiger partial charge in [-0.3, -0.25) is 0 Å². The molecule has 62 valence electrons. The van der Waals surface area contributed by atoms with Crippen LogP contribution in [0.15, 0.2) is 12.3 Å². The Balaban J connectivity index is 3.12. The van der Waals surface area contributed by atoms with Crippen molar-refractivity contribution in [2.45, 2.75) is 19.9 Å². The molecule has 0 aliphatic carbocycles. The first kappa shape index (κ1) is 8.76. The molecule has 0 bridgehead atoms. The number of nitrogens with two attached hydrogens (primary N) is 1. The topological polar surface area (TPSA) is 38.9 Å². The van der Waals surface area contributed by atoms with Crippen LogP contribution in [0.1, 0.15) is 29.8 Å². The van der Waals surface area contributed by atoms with Crippen LogP contribution in [0, 0.1) is 19.3 Å². The minimum absolute atomic E-state index is 0.0167. The van der Waals surface area contributed by atoms with Gasteiger partial charge in [0.05, 0.1) is 0 Å². The van der Waals surface area contributed by atoms with E-state index < -0.39 is 0 Å². The predicted octanol–water partition coefficient (Wildman–Crippen LogP) is 1.39. The molecule has 1 aromatic heterocycles. The lowest BCUT2D eigenvalue weighted by molar-refractivity contribution is 0.809. The maximum absolute atomic E-state index is 5.68. The lowest BCUT2D eigenvalue weighted by Crippen LogP contribution is -2.06. The normalized spacial score (nSPS) is 12.2. The molecule has 0 aliphatic rings. The van der Waals surface area contributed by atoms with E-state index in [2.05, 4.69) is 10.9 Å². The molecule has 0 spiro atoms. The van der Waals surface area contributed by atoms with Crippen molar-refractivity contribution in [2.24, 2.45) is 5.73 Å². The molecule has 2 nitrogen and oxygen atoms in total. The molecule has 1 atom stereocenters. The first-order valence-corrected chi connectivity index (χ1v) is 3.84. The largest absolute Gasteiger partial charge is 0.324 e. The number of hydrogen-bond donors (Lipinski definition) is 1. The van der Waals surface area contributed by atoms with Crippen molar-refractivity contribution in [2.75, 3.05) is 0 Å². The highest BCUT2D eigenvalue weighted by molar-refractivity contribution is 5.35. The fourth-order valence-corrected chi connectivity index (χ4v) is 0.997. The number of terminal acetylenes is 1. The van der Waals surface area contributed by atoms with E-state index in [1.807, 2.05) is 19.9 Å². The molecule has 0 aromatic carbocycles. The quantitative estimate of drug-likeness (QED) is 0.630. The minimum Gasteiger partial charge on any atom is -0.324 e. The van der Waals surface area contributed by atoms with Gasteiger partial charge in [-0.25, -0.2) is 4.98 Å². The summed E-state index contributed by atoms with van der Waals surface area (Å²) in [6.07, 6.45) is 6.96. The molecule has 2 N–H and O–H groups in total. The third-order valence-electron chi connectivity index (χ3n) is 1.76. The monoisotopic (exact) mass is 160 g/mol. The van der Waals surface area contributed by atoms with Crippen LogP contribution in [0.5, 0.6) is 0 Å². The SMILES string of the molecule is C#Cc1ncc([C@@H](C)N)cc1C. The first-order valence-electron chi connectivity index (χ1n) is 3.84. The van der Waals surface area contributed by atoms with E-state index in [0.29, 0.717) is 5.69 Å². The minimum atomic E-state index is 0.0167. The Morgan fingerprint density at radius 2 is 2.33 bits per heavy atom. The second kappa shape index (κ2) is 3.38. The van der Waals surface area contributed by atoms with Crippen molar-refractivity contribution in [1.29, 1.82) is 0 Å². The summed E-state index contributed by atoms with van der Waals surface area (Å²) in [5, 5.41) is 0. The van der Waals surface area contributed by atoms with E-state index in [-0.39, 0.29) is 6.04 Å². The zero-order valence-corrected chi connectivity index (χ0v) is 7.33. The number of aromatic nitrogens is 1. The summed E-state index contributed by atoms with van der Waals surface area (Å²) in [7, 11) is 0. The Morgan fingerprint density at radius 3 is 2.75 bits per heavy atom. The van der Waals surface area contributed by atoms with Crippen molar-refractivity contribution >= 4 is 0 Å². The third kappa shape index (κ3) is 1.63. The Bertz CT molecular complexity index is 321. The van der Waals surface area contributed by atoms with Gasteiger partial charge in [-0.2, -0.15) is 0 Å². The van der Waals surface area contributed by atoms with E-state index in [0.717, 1.165) is 11.1 Å². The predicted molar refractivity (Wildman–Crippen MR) is 49.5 cm³/mol. The van der Waals surface area contributed by atoms with Crippen LogP contribution in [-0.2, 0) is 0 Å². The van der Waals surface area contributed by atoms with Gasteiger partial charge in [0.1, 0.15) is 5.69 Å². The summed E-state index contributed by atoms with van der Waals surface area (Å²) in [4.78, 5) is 4.10. The summed E-state index contributed by atoms with van der Waals surface area (Å²) in [6.45, 7) is 3.86. The standard InChI is InChI=1S/C10H12N2/c1-4-10-7(2)5-9(6-12-10)8(3)11/h1,5-6,8H,11H2,2-3H3/t8-/m1/s1. The van der Waals surface area contributed by atoms with Crippen LogP contribution < -0.4 is 5.73 Å². The van der Waals surface area contributed by atoms with Gasteiger partial charge in [-0.05, 0) is 30.9 Å². The average molecular weight is 160 g/mol. The summed E-state index contributed by atoms with van der Waals surface area (Å²) in [6, 6.07) is 2.00. The molecule has 0 unspecified atom stereocenters. The second-order valence-electron chi connectivity index (χ2n) is 2.87. The number of rotatable bonds is 1. The summed E-state index contributed by atoms with van der Waals surface area (Å²) in [5.74, 6) is 2.51. The number of nitrogens with zero attached hydrogens (tertiary/aromatic N) is 1. The maximum atomic E-state index is 5.68. The van der Waals surface area contributed by atoms with Crippen molar-refractivity contribution in [3.63, 3.8) is 0 Å². The van der Waals surface area contributed by atoms with Crippen LogP contribution in [0.4, 0.5) is 0 Å². The zero-order chi connectivity index (χ0) is 9.14. The van der Waals surface area contributed by atoms with Crippen LogP contribution >= 0.6 is 0 Å².